The molecule has 0 bridgehead atoms. The topological polar surface area (TPSA) is 62.7 Å². The van der Waals surface area contributed by atoms with Crippen molar-refractivity contribution in [3.63, 3.8) is 0 Å². The largest absolute Gasteiger partial charge is 0.381 e. The number of sulfonamides is 1. The van der Waals surface area contributed by atoms with Crippen LogP contribution in [0.3, 0.4) is 0 Å². The molecule has 2 fully saturated rings. The molecule has 2 aliphatic heterocycles. The molecule has 0 saturated carbocycles. The first-order valence-electron chi connectivity index (χ1n) is 8.18. The SMILES string of the molecule is CCS(=O)(=O)N1CC[C@H](OC)[C@H]2CN(Cc3ccncc3)C[C@H]21. The van der Waals surface area contributed by atoms with Crippen LogP contribution in [0.1, 0.15) is 18.9 Å². The molecule has 2 aliphatic rings. The normalized spacial score (nSPS) is 29.6. The van der Waals surface area contributed by atoms with E-state index in [2.05, 4.69) is 9.88 Å². The maximum Gasteiger partial charge on any atom is 0.214 e. The summed E-state index contributed by atoms with van der Waals surface area (Å²) in [4.78, 5) is 6.38. The zero-order valence-electron chi connectivity index (χ0n) is 13.8. The molecule has 0 N–H and O–H groups in total. The molecule has 0 amide bonds. The van der Waals surface area contributed by atoms with E-state index in [-0.39, 0.29) is 23.8 Å². The fourth-order valence-electron chi connectivity index (χ4n) is 3.88. The Bertz CT molecular complexity index is 623. The Labute approximate surface area is 138 Å². The Morgan fingerprint density at radius 3 is 2.70 bits per heavy atom. The molecular weight excluding hydrogens is 314 g/mol. The van der Waals surface area contributed by atoms with Gasteiger partial charge in [-0.2, -0.15) is 4.31 Å². The molecule has 1 aromatic heterocycles. The lowest BCUT2D eigenvalue weighted by Gasteiger charge is -2.39. The van der Waals surface area contributed by atoms with Gasteiger partial charge in [0.25, 0.3) is 0 Å². The lowest BCUT2D eigenvalue weighted by Crippen LogP contribution is -2.53. The van der Waals surface area contributed by atoms with E-state index >= 15 is 0 Å². The maximum absolute atomic E-state index is 12.4. The quantitative estimate of drug-likeness (QED) is 0.799. The summed E-state index contributed by atoms with van der Waals surface area (Å²) in [5.41, 5.74) is 1.21. The van der Waals surface area contributed by atoms with Gasteiger partial charge in [-0.1, -0.05) is 0 Å². The molecule has 3 heterocycles. The maximum atomic E-state index is 12.4. The monoisotopic (exact) mass is 339 g/mol. The van der Waals surface area contributed by atoms with E-state index < -0.39 is 10.0 Å². The lowest BCUT2D eigenvalue weighted by molar-refractivity contribution is 0.00232. The van der Waals surface area contributed by atoms with E-state index in [0.29, 0.717) is 6.54 Å². The molecular formula is C16H25N3O3S. The molecule has 0 unspecified atom stereocenters. The number of nitrogens with zero attached hydrogens (tertiary/aromatic N) is 3. The van der Waals surface area contributed by atoms with Gasteiger partial charge in [-0.25, -0.2) is 8.42 Å². The van der Waals surface area contributed by atoms with Crippen molar-refractivity contribution in [3.05, 3.63) is 30.1 Å². The van der Waals surface area contributed by atoms with Crippen LogP contribution in [0.2, 0.25) is 0 Å². The van der Waals surface area contributed by atoms with Crippen molar-refractivity contribution < 1.29 is 13.2 Å². The van der Waals surface area contributed by atoms with Crippen molar-refractivity contribution in [1.82, 2.24) is 14.2 Å². The van der Waals surface area contributed by atoms with Crippen molar-refractivity contribution in [3.8, 4) is 0 Å². The van der Waals surface area contributed by atoms with Crippen LogP contribution >= 0.6 is 0 Å². The summed E-state index contributed by atoms with van der Waals surface area (Å²) in [7, 11) is -1.43. The molecule has 2 saturated heterocycles. The van der Waals surface area contributed by atoms with E-state index in [1.54, 1.807) is 30.7 Å². The third-order valence-corrected chi connectivity index (χ3v) is 6.97. The number of methoxy groups -OCH3 is 1. The van der Waals surface area contributed by atoms with Gasteiger partial charge in [0.1, 0.15) is 0 Å². The molecule has 0 radical (unpaired) electrons. The zero-order valence-corrected chi connectivity index (χ0v) is 14.6. The first-order chi connectivity index (χ1) is 11.0. The van der Waals surface area contributed by atoms with Gasteiger partial charge >= 0.3 is 0 Å². The summed E-state index contributed by atoms with van der Waals surface area (Å²) in [6.07, 6.45) is 4.51. The molecule has 1 aromatic rings. The van der Waals surface area contributed by atoms with Gasteiger partial charge in [0.15, 0.2) is 0 Å². The van der Waals surface area contributed by atoms with Crippen molar-refractivity contribution in [2.24, 2.45) is 5.92 Å². The second kappa shape index (κ2) is 6.84. The summed E-state index contributed by atoms with van der Waals surface area (Å²) >= 11 is 0. The highest BCUT2D eigenvalue weighted by Crippen LogP contribution is 2.34. The fourth-order valence-corrected chi connectivity index (χ4v) is 5.23. The van der Waals surface area contributed by atoms with Gasteiger partial charge < -0.3 is 4.74 Å². The molecule has 0 aromatic carbocycles. The molecule has 3 atom stereocenters. The number of piperidine rings is 1. The molecule has 3 rings (SSSR count). The van der Waals surface area contributed by atoms with Crippen LogP contribution in [-0.4, -0.2) is 67.2 Å². The summed E-state index contributed by atoms with van der Waals surface area (Å²) < 4.78 is 32.2. The number of likely N-dealkylation sites (tertiary alicyclic amines) is 1. The molecule has 128 valence electrons. The summed E-state index contributed by atoms with van der Waals surface area (Å²) in [5.74, 6) is 0.412. The average molecular weight is 339 g/mol. The number of pyridine rings is 1. The van der Waals surface area contributed by atoms with Crippen molar-refractivity contribution >= 4 is 10.0 Å². The number of hydrogen-bond donors (Lipinski definition) is 0. The number of fused-ring (bicyclic) bond motifs is 1. The minimum atomic E-state index is -3.16. The van der Waals surface area contributed by atoms with E-state index in [1.165, 1.54) is 5.56 Å². The minimum absolute atomic E-state index is 0.0282. The Balaban J connectivity index is 1.78. The highest BCUT2D eigenvalue weighted by molar-refractivity contribution is 7.89. The van der Waals surface area contributed by atoms with E-state index in [0.717, 1.165) is 26.1 Å². The van der Waals surface area contributed by atoms with Crippen LogP contribution in [0.4, 0.5) is 0 Å². The van der Waals surface area contributed by atoms with Crippen molar-refractivity contribution in [1.29, 1.82) is 0 Å². The number of rotatable bonds is 5. The molecule has 0 spiro atoms. The highest BCUT2D eigenvalue weighted by Gasteiger charge is 2.47. The number of aromatic nitrogens is 1. The summed E-state index contributed by atoms with van der Waals surface area (Å²) in [5, 5.41) is 0. The lowest BCUT2D eigenvalue weighted by atomic mass is 9.91. The smallest absolute Gasteiger partial charge is 0.214 e. The van der Waals surface area contributed by atoms with Crippen molar-refractivity contribution in [2.75, 3.05) is 32.5 Å². The van der Waals surface area contributed by atoms with Gasteiger partial charge in [0, 0.05) is 57.6 Å². The van der Waals surface area contributed by atoms with Gasteiger partial charge in [-0.3, -0.25) is 9.88 Å². The third-order valence-electron chi connectivity index (χ3n) is 5.07. The average Bonchev–Trinajstić information content (AvgIpc) is 2.98. The Kier molecular flexibility index (Phi) is 5.01. The Hall–Kier alpha value is -1.02. The fraction of sp³-hybridized carbons (Fsp3) is 0.688. The predicted octanol–water partition coefficient (Wildman–Crippen LogP) is 0.952. The second-order valence-corrected chi connectivity index (χ2v) is 8.57. The number of ether oxygens (including phenoxy) is 1. The van der Waals surface area contributed by atoms with E-state index in [4.69, 9.17) is 4.74 Å². The Morgan fingerprint density at radius 1 is 1.30 bits per heavy atom. The summed E-state index contributed by atoms with van der Waals surface area (Å²) in [6.45, 7) is 4.76. The number of hydrogen-bond acceptors (Lipinski definition) is 5. The first-order valence-corrected chi connectivity index (χ1v) is 9.79. The minimum Gasteiger partial charge on any atom is -0.381 e. The predicted molar refractivity (Wildman–Crippen MR) is 88.4 cm³/mol. The molecule has 7 heteroatoms. The zero-order chi connectivity index (χ0) is 16.4. The molecule has 0 aliphatic carbocycles. The van der Waals surface area contributed by atoms with Gasteiger partial charge in [0.2, 0.25) is 10.0 Å². The first kappa shape index (κ1) is 16.8. The van der Waals surface area contributed by atoms with Crippen LogP contribution in [0.15, 0.2) is 24.5 Å². The Morgan fingerprint density at radius 2 is 2.04 bits per heavy atom. The standard InChI is InChI=1S/C16H25N3O3S/c1-3-23(20,21)19-9-6-16(22-2)14-11-18(12-15(14)19)10-13-4-7-17-8-5-13/h4-5,7-8,14-16H,3,6,9-12H2,1-2H3/t14-,15+,16-/m0/s1. The third kappa shape index (κ3) is 3.42. The van der Waals surface area contributed by atoms with Gasteiger partial charge in [0.05, 0.1) is 11.9 Å². The van der Waals surface area contributed by atoms with Crippen LogP contribution in [-0.2, 0) is 21.3 Å². The second-order valence-electron chi connectivity index (χ2n) is 6.35. The van der Waals surface area contributed by atoms with Crippen LogP contribution in [0.25, 0.3) is 0 Å². The van der Waals surface area contributed by atoms with E-state index in [9.17, 15) is 8.42 Å². The molecule has 23 heavy (non-hydrogen) atoms. The molecule has 6 nitrogen and oxygen atoms in total. The van der Waals surface area contributed by atoms with Crippen LogP contribution in [0, 0.1) is 5.92 Å². The van der Waals surface area contributed by atoms with Crippen LogP contribution in [0.5, 0.6) is 0 Å². The van der Waals surface area contributed by atoms with Crippen molar-refractivity contribution in [2.45, 2.75) is 32.0 Å². The van der Waals surface area contributed by atoms with Gasteiger partial charge in [-0.15, -0.1) is 0 Å². The highest BCUT2D eigenvalue weighted by atomic mass is 32.2. The summed E-state index contributed by atoms with van der Waals surface area (Å²) in [6, 6.07) is 4.05. The van der Waals surface area contributed by atoms with Gasteiger partial charge in [-0.05, 0) is 31.0 Å². The van der Waals surface area contributed by atoms with E-state index in [1.807, 2.05) is 12.1 Å². The van der Waals surface area contributed by atoms with Crippen LogP contribution < -0.4 is 0 Å².